The molecule has 0 fully saturated rings. The Hall–Kier alpha value is -1.87. The number of hydrogen-bond donors (Lipinski definition) is 2. The van der Waals surface area contributed by atoms with Crippen LogP contribution in [-0.2, 0) is 52.3 Å². The highest BCUT2D eigenvalue weighted by atomic mass is 16.6. The van der Waals surface area contributed by atoms with Gasteiger partial charge in [0, 0.05) is 19.6 Å². The first-order valence-corrected chi connectivity index (χ1v) is 12.9. The van der Waals surface area contributed by atoms with Gasteiger partial charge in [0.1, 0.15) is 12.2 Å². The molecular formula is C25H47NO12. The number of aliphatic carboxylic acids is 1. The van der Waals surface area contributed by atoms with Crippen molar-refractivity contribution in [3.63, 3.8) is 0 Å². The van der Waals surface area contributed by atoms with Crippen LogP contribution in [0.4, 0.5) is 0 Å². The zero-order valence-electron chi connectivity index (χ0n) is 23.2. The van der Waals surface area contributed by atoms with E-state index in [9.17, 15) is 14.4 Å². The van der Waals surface area contributed by atoms with Crippen LogP contribution in [0.2, 0.25) is 0 Å². The van der Waals surface area contributed by atoms with Gasteiger partial charge in [-0.2, -0.15) is 0 Å². The molecular weight excluding hydrogens is 506 g/mol. The molecule has 0 aliphatic heterocycles. The minimum Gasteiger partial charge on any atom is -0.481 e. The Balaban J connectivity index is 3.16. The number of esters is 1. The summed E-state index contributed by atoms with van der Waals surface area (Å²) in [5.74, 6) is -1.65. The third-order valence-corrected chi connectivity index (χ3v) is 4.23. The zero-order chi connectivity index (χ0) is 28.3. The van der Waals surface area contributed by atoms with E-state index in [1.54, 1.807) is 20.8 Å². The smallest absolute Gasteiger partial charge is 0.332 e. The molecule has 0 saturated heterocycles. The summed E-state index contributed by atoms with van der Waals surface area (Å²) in [4.78, 5) is 33.2. The monoisotopic (exact) mass is 553 g/mol. The van der Waals surface area contributed by atoms with E-state index in [-0.39, 0.29) is 25.4 Å². The van der Waals surface area contributed by atoms with Crippen molar-refractivity contribution in [1.29, 1.82) is 0 Å². The molecule has 0 aromatic heterocycles. The van der Waals surface area contributed by atoms with Gasteiger partial charge in [-0.1, -0.05) is 0 Å². The Bertz CT molecular complexity index is 597. The summed E-state index contributed by atoms with van der Waals surface area (Å²) in [6.07, 6.45) is 0.471. The number of carbonyl (C=O) groups is 3. The number of carbonyl (C=O) groups excluding carboxylic acids is 2. The standard InChI is InChI=1S/C25H47NO12/c1-25(2,3)38-24(30)21-37-20-19-36-18-17-35-16-15-34-14-13-33-12-11-32-10-9-31-8-4-7-26-22(27)5-6-23(28)29/h4-21H2,1-3H3,(H,26,27)(H,28,29). The highest BCUT2D eigenvalue weighted by Gasteiger charge is 2.15. The highest BCUT2D eigenvalue weighted by Crippen LogP contribution is 2.06. The van der Waals surface area contributed by atoms with Gasteiger partial charge in [0.15, 0.2) is 0 Å². The van der Waals surface area contributed by atoms with Crippen LogP contribution in [0.1, 0.15) is 40.0 Å². The van der Waals surface area contributed by atoms with E-state index in [0.29, 0.717) is 98.9 Å². The molecule has 1 amide bonds. The van der Waals surface area contributed by atoms with Gasteiger partial charge in [-0.3, -0.25) is 9.59 Å². The molecule has 13 nitrogen and oxygen atoms in total. The predicted molar refractivity (Wildman–Crippen MR) is 136 cm³/mol. The second kappa shape index (κ2) is 25.4. The van der Waals surface area contributed by atoms with Crippen LogP contribution in [0.3, 0.4) is 0 Å². The maximum atomic E-state index is 11.5. The maximum absolute atomic E-state index is 11.5. The van der Waals surface area contributed by atoms with Crippen molar-refractivity contribution in [2.24, 2.45) is 0 Å². The quantitative estimate of drug-likeness (QED) is 0.109. The third-order valence-electron chi connectivity index (χ3n) is 4.23. The molecule has 13 heteroatoms. The van der Waals surface area contributed by atoms with E-state index in [1.807, 2.05) is 0 Å². The first-order chi connectivity index (χ1) is 18.2. The van der Waals surface area contributed by atoms with Crippen molar-refractivity contribution in [1.82, 2.24) is 5.32 Å². The van der Waals surface area contributed by atoms with E-state index < -0.39 is 17.5 Å². The number of hydrogen-bond acceptors (Lipinski definition) is 11. The van der Waals surface area contributed by atoms with E-state index in [2.05, 4.69) is 5.32 Å². The van der Waals surface area contributed by atoms with E-state index in [1.165, 1.54) is 0 Å². The van der Waals surface area contributed by atoms with Crippen LogP contribution < -0.4 is 5.32 Å². The molecule has 0 bridgehead atoms. The van der Waals surface area contributed by atoms with E-state index >= 15 is 0 Å². The highest BCUT2D eigenvalue weighted by molar-refractivity contribution is 5.80. The molecule has 0 aliphatic carbocycles. The lowest BCUT2D eigenvalue weighted by molar-refractivity contribution is -0.160. The summed E-state index contributed by atoms with van der Waals surface area (Å²) in [7, 11) is 0. The number of amides is 1. The van der Waals surface area contributed by atoms with Crippen LogP contribution >= 0.6 is 0 Å². The SMILES string of the molecule is CC(C)(C)OC(=O)COCCOCCOCCOCCOCCOCCOCCCNC(=O)CCC(=O)O. The van der Waals surface area contributed by atoms with Gasteiger partial charge in [-0.15, -0.1) is 0 Å². The van der Waals surface area contributed by atoms with Crippen molar-refractivity contribution >= 4 is 17.8 Å². The lowest BCUT2D eigenvalue weighted by atomic mass is 10.2. The van der Waals surface area contributed by atoms with Gasteiger partial charge in [0.2, 0.25) is 5.91 Å². The Kier molecular flexibility index (Phi) is 24.2. The number of carboxylic acid groups (broad SMARTS) is 1. The second-order valence-electron chi connectivity index (χ2n) is 8.91. The van der Waals surface area contributed by atoms with Crippen molar-refractivity contribution < 1.29 is 57.4 Å². The Morgan fingerprint density at radius 3 is 1.39 bits per heavy atom. The predicted octanol–water partition coefficient (Wildman–Crippen LogP) is 0.815. The number of carboxylic acids is 1. The zero-order valence-corrected chi connectivity index (χ0v) is 23.2. The summed E-state index contributed by atoms with van der Waals surface area (Å²) < 4.78 is 42.7. The fourth-order valence-electron chi connectivity index (χ4n) is 2.56. The topological polar surface area (TPSA) is 157 Å². The lowest BCUT2D eigenvalue weighted by Crippen LogP contribution is -2.27. The molecule has 0 saturated carbocycles. The summed E-state index contributed by atoms with van der Waals surface area (Å²) in [6, 6.07) is 0. The average molecular weight is 554 g/mol. The van der Waals surface area contributed by atoms with Crippen LogP contribution in [0.25, 0.3) is 0 Å². The van der Waals surface area contributed by atoms with Crippen molar-refractivity contribution in [3.8, 4) is 0 Å². The van der Waals surface area contributed by atoms with E-state index in [0.717, 1.165) is 0 Å². The molecule has 0 spiro atoms. The fraction of sp³-hybridized carbons (Fsp3) is 0.880. The summed E-state index contributed by atoms with van der Waals surface area (Å²) in [6.45, 7) is 11.5. The molecule has 0 aliphatic rings. The van der Waals surface area contributed by atoms with Gasteiger partial charge in [-0.05, 0) is 27.2 Å². The van der Waals surface area contributed by atoms with Crippen LogP contribution in [-0.4, -0.2) is 128 Å². The summed E-state index contributed by atoms with van der Waals surface area (Å²) in [5.41, 5.74) is -0.516. The summed E-state index contributed by atoms with van der Waals surface area (Å²) >= 11 is 0. The molecule has 0 unspecified atom stereocenters. The molecule has 0 atom stereocenters. The first kappa shape index (κ1) is 36.1. The fourth-order valence-corrected chi connectivity index (χ4v) is 2.56. The number of ether oxygens (including phenoxy) is 8. The number of rotatable bonds is 27. The van der Waals surface area contributed by atoms with Gasteiger partial charge in [-0.25, -0.2) is 4.79 Å². The molecule has 0 aromatic carbocycles. The Morgan fingerprint density at radius 2 is 1.00 bits per heavy atom. The number of nitrogens with one attached hydrogen (secondary N) is 1. The van der Waals surface area contributed by atoms with Crippen LogP contribution in [0.15, 0.2) is 0 Å². The van der Waals surface area contributed by atoms with Crippen molar-refractivity contribution in [3.05, 3.63) is 0 Å². The molecule has 224 valence electrons. The maximum Gasteiger partial charge on any atom is 0.332 e. The Labute approximate surface area is 225 Å². The van der Waals surface area contributed by atoms with Gasteiger partial charge in [0.25, 0.3) is 0 Å². The Morgan fingerprint density at radius 1 is 0.605 bits per heavy atom. The van der Waals surface area contributed by atoms with Gasteiger partial charge >= 0.3 is 11.9 Å². The molecule has 38 heavy (non-hydrogen) atoms. The van der Waals surface area contributed by atoms with Crippen molar-refractivity contribution in [2.45, 2.75) is 45.6 Å². The third kappa shape index (κ3) is 30.4. The minimum atomic E-state index is -0.985. The summed E-state index contributed by atoms with van der Waals surface area (Å²) in [5, 5.41) is 11.1. The minimum absolute atomic E-state index is 0.0119. The second-order valence-corrected chi connectivity index (χ2v) is 8.91. The molecule has 0 rings (SSSR count). The largest absolute Gasteiger partial charge is 0.481 e. The lowest BCUT2D eigenvalue weighted by Gasteiger charge is -2.19. The molecule has 0 radical (unpaired) electrons. The van der Waals surface area contributed by atoms with Crippen LogP contribution in [0.5, 0.6) is 0 Å². The van der Waals surface area contributed by atoms with Gasteiger partial charge < -0.3 is 48.3 Å². The van der Waals surface area contributed by atoms with E-state index in [4.69, 9.17) is 43.0 Å². The molecule has 0 heterocycles. The molecule has 0 aromatic rings. The first-order valence-electron chi connectivity index (χ1n) is 12.9. The normalized spacial score (nSPS) is 11.4. The van der Waals surface area contributed by atoms with Gasteiger partial charge in [0.05, 0.1) is 85.7 Å². The average Bonchev–Trinajstić information content (AvgIpc) is 2.84. The van der Waals surface area contributed by atoms with Crippen molar-refractivity contribution in [2.75, 3.05) is 99.0 Å². The molecule has 2 N–H and O–H groups in total. The van der Waals surface area contributed by atoms with Crippen LogP contribution in [0, 0.1) is 0 Å².